The normalized spacial score (nSPS) is 13.0. The Bertz CT molecular complexity index is 1150. The molecule has 0 spiro atoms. The molecule has 0 saturated carbocycles. The molecule has 0 fully saturated rings. The number of ether oxygens (including phenoxy) is 3. The van der Waals surface area contributed by atoms with Crippen LogP contribution in [0.1, 0.15) is 18.9 Å². The molecule has 1 aliphatic rings. The lowest BCUT2D eigenvalue weighted by atomic mass is 10.2. The topological polar surface area (TPSA) is 91.7 Å². The first-order chi connectivity index (χ1) is 15.0. The highest BCUT2D eigenvalue weighted by Crippen LogP contribution is 2.32. The lowest BCUT2D eigenvalue weighted by Crippen LogP contribution is -2.38. The monoisotopic (exact) mass is 425 g/mol. The highest BCUT2D eigenvalue weighted by Gasteiger charge is 2.20. The predicted octanol–water partition coefficient (Wildman–Crippen LogP) is 2.57. The van der Waals surface area contributed by atoms with Gasteiger partial charge in [-0.15, -0.1) is 5.10 Å². The van der Waals surface area contributed by atoms with E-state index >= 15 is 0 Å². The van der Waals surface area contributed by atoms with Gasteiger partial charge in [0, 0.05) is 18.7 Å². The summed E-state index contributed by atoms with van der Waals surface area (Å²) >= 11 is 0. The zero-order chi connectivity index (χ0) is 21.8. The summed E-state index contributed by atoms with van der Waals surface area (Å²) in [7, 11) is 0. The molecule has 1 aromatic heterocycles. The fraction of sp³-hybridized carbons (Fsp3) is 0.227. The summed E-state index contributed by atoms with van der Waals surface area (Å²) in [5, 5.41) is 6.98. The van der Waals surface area contributed by atoms with Crippen molar-refractivity contribution in [2.45, 2.75) is 26.0 Å². The van der Waals surface area contributed by atoms with E-state index in [-0.39, 0.29) is 25.1 Å². The van der Waals surface area contributed by atoms with Gasteiger partial charge in [0.05, 0.1) is 5.69 Å². The summed E-state index contributed by atoms with van der Waals surface area (Å²) in [6.07, 6.45) is -0.412. The smallest absolute Gasteiger partial charge is 0.271 e. The molecule has 8 nitrogen and oxygen atoms in total. The van der Waals surface area contributed by atoms with Gasteiger partial charge in [-0.2, -0.15) is 4.68 Å². The van der Waals surface area contributed by atoms with Gasteiger partial charge < -0.3 is 19.5 Å². The van der Waals surface area contributed by atoms with Crippen LogP contribution in [0.3, 0.4) is 0 Å². The highest BCUT2D eigenvalue weighted by molar-refractivity contribution is 5.81. The molecule has 9 heteroatoms. The average molecular weight is 425 g/mol. The lowest BCUT2D eigenvalue weighted by Gasteiger charge is -2.17. The van der Waals surface area contributed by atoms with E-state index in [9.17, 15) is 14.0 Å². The van der Waals surface area contributed by atoms with E-state index in [1.807, 2.05) is 12.1 Å². The molecule has 31 heavy (non-hydrogen) atoms. The van der Waals surface area contributed by atoms with Crippen molar-refractivity contribution in [3.05, 3.63) is 76.3 Å². The Balaban J connectivity index is 1.43. The van der Waals surface area contributed by atoms with Crippen LogP contribution >= 0.6 is 0 Å². The molecule has 0 saturated heterocycles. The van der Waals surface area contributed by atoms with Crippen molar-refractivity contribution < 1.29 is 23.4 Å². The molecule has 1 atom stereocenters. The third-order valence-corrected chi connectivity index (χ3v) is 4.68. The van der Waals surface area contributed by atoms with Crippen molar-refractivity contribution in [3.8, 4) is 23.1 Å². The number of carbonyl (C=O) groups is 1. The standard InChI is InChI=1S/C22H20FN3O5/c1-2-17(22(28)24-12-14-3-8-18-19(11-14)30-13-29-18)31-20-9-10-21(27)26(25-20)16-6-4-15(23)5-7-16/h3-11,17H,2,12-13H2,1H3,(H,24,28). The van der Waals surface area contributed by atoms with Gasteiger partial charge in [-0.05, 0) is 48.4 Å². The number of hydrogen-bond acceptors (Lipinski definition) is 6. The van der Waals surface area contributed by atoms with Crippen LogP contribution in [0.5, 0.6) is 17.4 Å². The highest BCUT2D eigenvalue weighted by atomic mass is 19.1. The number of halogens is 1. The number of nitrogens with one attached hydrogen (secondary N) is 1. The van der Waals surface area contributed by atoms with E-state index in [0.717, 1.165) is 10.2 Å². The SMILES string of the molecule is CCC(Oc1ccc(=O)n(-c2ccc(F)cc2)n1)C(=O)NCc1ccc2c(c1)OCO2. The summed E-state index contributed by atoms with van der Waals surface area (Å²) in [6.45, 7) is 2.28. The van der Waals surface area contributed by atoms with Crippen molar-refractivity contribution in [2.24, 2.45) is 0 Å². The van der Waals surface area contributed by atoms with Gasteiger partial charge in [-0.3, -0.25) is 9.59 Å². The number of rotatable bonds is 7. The van der Waals surface area contributed by atoms with Gasteiger partial charge >= 0.3 is 0 Å². The van der Waals surface area contributed by atoms with E-state index in [2.05, 4.69) is 10.4 Å². The Morgan fingerprint density at radius 2 is 1.94 bits per heavy atom. The maximum Gasteiger partial charge on any atom is 0.271 e. The van der Waals surface area contributed by atoms with E-state index in [4.69, 9.17) is 14.2 Å². The number of carbonyl (C=O) groups excluding carboxylic acids is 1. The van der Waals surface area contributed by atoms with Crippen LogP contribution in [0.15, 0.2) is 59.4 Å². The lowest BCUT2D eigenvalue weighted by molar-refractivity contribution is -0.128. The minimum atomic E-state index is -0.805. The minimum Gasteiger partial charge on any atom is -0.463 e. The number of nitrogens with zero attached hydrogens (tertiary/aromatic N) is 2. The molecule has 1 amide bonds. The molecule has 160 valence electrons. The van der Waals surface area contributed by atoms with E-state index < -0.39 is 17.5 Å². The maximum absolute atomic E-state index is 13.2. The Kier molecular flexibility index (Phi) is 5.83. The zero-order valence-electron chi connectivity index (χ0n) is 16.7. The van der Waals surface area contributed by atoms with Crippen LogP contribution < -0.4 is 25.1 Å². The van der Waals surface area contributed by atoms with Gasteiger partial charge in [0.1, 0.15) is 5.82 Å². The summed E-state index contributed by atoms with van der Waals surface area (Å²) in [5.41, 5.74) is 0.840. The minimum absolute atomic E-state index is 0.106. The Morgan fingerprint density at radius 1 is 1.16 bits per heavy atom. The Hall–Kier alpha value is -3.88. The first kappa shape index (κ1) is 20.4. The van der Waals surface area contributed by atoms with Crippen LogP contribution in [-0.2, 0) is 11.3 Å². The van der Waals surface area contributed by atoms with Crippen molar-refractivity contribution >= 4 is 5.91 Å². The van der Waals surface area contributed by atoms with E-state index in [1.165, 1.54) is 36.4 Å². The molecular formula is C22H20FN3O5. The van der Waals surface area contributed by atoms with Crippen molar-refractivity contribution in [1.82, 2.24) is 15.1 Å². The van der Waals surface area contributed by atoms with Gasteiger partial charge in [0.2, 0.25) is 12.7 Å². The van der Waals surface area contributed by atoms with E-state index in [0.29, 0.717) is 23.6 Å². The fourth-order valence-electron chi connectivity index (χ4n) is 3.05. The van der Waals surface area contributed by atoms with Crippen LogP contribution in [0.4, 0.5) is 4.39 Å². The fourth-order valence-corrected chi connectivity index (χ4v) is 3.05. The molecule has 3 aromatic rings. The van der Waals surface area contributed by atoms with E-state index in [1.54, 1.807) is 13.0 Å². The summed E-state index contributed by atoms with van der Waals surface area (Å²) in [5.74, 6) is 0.680. The second-order valence-corrected chi connectivity index (χ2v) is 6.82. The molecule has 4 rings (SSSR count). The van der Waals surface area contributed by atoms with Gasteiger partial charge in [-0.25, -0.2) is 4.39 Å². The van der Waals surface area contributed by atoms with Crippen molar-refractivity contribution in [2.75, 3.05) is 6.79 Å². The largest absolute Gasteiger partial charge is 0.463 e. The molecule has 2 heterocycles. The molecule has 0 radical (unpaired) electrons. The first-order valence-corrected chi connectivity index (χ1v) is 9.72. The average Bonchev–Trinajstić information content (AvgIpc) is 3.25. The molecule has 0 aliphatic carbocycles. The summed E-state index contributed by atoms with van der Waals surface area (Å²) < 4.78 is 30.6. The Labute approximate surface area is 177 Å². The van der Waals surface area contributed by atoms with Crippen LogP contribution in [-0.4, -0.2) is 28.6 Å². The molecule has 1 N–H and O–H groups in total. The molecule has 1 aliphatic heterocycles. The van der Waals surface area contributed by atoms with Crippen LogP contribution in [0.2, 0.25) is 0 Å². The summed E-state index contributed by atoms with van der Waals surface area (Å²) in [6, 6.07) is 13.5. The van der Waals surface area contributed by atoms with Gasteiger partial charge in [0.25, 0.3) is 11.5 Å². The third kappa shape index (κ3) is 4.66. The second-order valence-electron chi connectivity index (χ2n) is 6.82. The van der Waals surface area contributed by atoms with Gasteiger partial charge in [0.15, 0.2) is 17.6 Å². The number of benzene rings is 2. The van der Waals surface area contributed by atoms with Crippen molar-refractivity contribution in [1.29, 1.82) is 0 Å². The number of fused-ring (bicyclic) bond motifs is 1. The maximum atomic E-state index is 13.2. The predicted molar refractivity (Wildman–Crippen MR) is 109 cm³/mol. The van der Waals surface area contributed by atoms with Crippen LogP contribution in [0, 0.1) is 5.82 Å². The van der Waals surface area contributed by atoms with Crippen LogP contribution in [0.25, 0.3) is 5.69 Å². The summed E-state index contributed by atoms with van der Waals surface area (Å²) in [4.78, 5) is 24.8. The third-order valence-electron chi connectivity index (χ3n) is 4.68. The number of aromatic nitrogens is 2. The molecular weight excluding hydrogens is 405 g/mol. The van der Waals surface area contributed by atoms with Crippen molar-refractivity contribution in [3.63, 3.8) is 0 Å². The molecule has 1 unspecified atom stereocenters. The zero-order valence-corrected chi connectivity index (χ0v) is 16.7. The van der Waals surface area contributed by atoms with Gasteiger partial charge in [-0.1, -0.05) is 13.0 Å². The second kappa shape index (κ2) is 8.86. The Morgan fingerprint density at radius 3 is 2.71 bits per heavy atom. The number of hydrogen-bond donors (Lipinski definition) is 1. The number of amides is 1. The quantitative estimate of drug-likeness (QED) is 0.626. The molecule has 0 bridgehead atoms. The first-order valence-electron chi connectivity index (χ1n) is 9.72. The molecule has 2 aromatic carbocycles.